The summed E-state index contributed by atoms with van der Waals surface area (Å²) in [7, 11) is 0. The van der Waals surface area contributed by atoms with E-state index in [4.69, 9.17) is 0 Å². The van der Waals surface area contributed by atoms with E-state index in [1.165, 1.54) is 24.0 Å². The van der Waals surface area contributed by atoms with Gasteiger partial charge in [0.15, 0.2) is 0 Å². The van der Waals surface area contributed by atoms with Gasteiger partial charge in [0.05, 0.1) is 5.69 Å². The van der Waals surface area contributed by atoms with Crippen molar-refractivity contribution in [3.8, 4) is 5.69 Å². The van der Waals surface area contributed by atoms with Gasteiger partial charge in [-0.15, -0.1) is 0 Å². The Kier molecular flexibility index (Phi) is 3.79. The third-order valence-corrected chi connectivity index (χ3v) is 4.85. The van der Waals surface area contributed by atoms with E-state index in [0.717, 1.165) is 24.8 Å². The molecule has 0 spiro atoms. The van der Waals surface area contributed by atoms with E-state index in [9.17, 15) is 0 Å². The first-order valence-corrected chi connectivity index (χ1v) is 8.67. The van der Waals surface area contributed by atoms with E-state index < -0.39 is 0 Å². The zero-order chi connectivity index (χ0) is 14.8. The molecule has 1 fully saturated rings. The Labute approximate surface area is 134 Å². The van der Waals surface area contributed by atoms with Crippen molar-refractivity contribution in [3.05, 3.63) is 70.7 Å². The summed E-state index contributed by atoms with van der Waals surface area (Å²) in [5, 5.41) is 8.70. The van der Waals surface area contributed by atoms with Gasteiger partial charge in [-0.1, -0.05) is 12.1 Å². The summed E-state index contributed by atoms with van der Waals surface area (Å²) in [6.07, 6.45) is 6.47. The van der Waals surface area contributed by atoms with Gasteiger partial charge in [-0.25, -0.2) is 4.68 Å². The number of benzene rings is 1. The normalized spacial score (nSPS) is 14.6. The lowest BCUT2D eigenvalue weighted by atomic mass is 10.2. The standard InChI is InChI=1S/C18H19N3S/c1-9-19-21(10-1)18-4-2-15(3-5-18)12-20(17-6-7-17)13-16-8-11-22-14-16/h1-5,8-11,14,17H,6-7,12-13H2. The number of hydrogen-bond donors (Lipinski definition) is 0. The third-order valence-electron chi connectivity index (χ3n) is 4.12. The van der Waals surface area contributed by atoms with Crippen LogP contribution in [0.3, 0.4) is 0 Å². The summed E-state index contributed by atoms with van der Waals surface area (Å²) >= 11 is 1.78. The first-order chi connectivity index (χ1) is 10.9. The van der Waals surface area contributed by atoms with E-state index in [-0.39, 0.29) is 0 Å². The van der Waals surface area contributed by atoms with Crippen molar-refractivity contribution in [3.63, 3.8) is 0 Å². The highest BCUT2D eigenvalue weighted by molar-refractivity contribution is 7.07. The molecule has 22 heavy (non-hydrogen) atoms. The number of thiophene rings is 1. The largest absolute Gasteiger partial charge is 0.292 e. The molecule has 0 bridgehead atoms. The Hall–Kier alpha value is -1.91. The van der Waals surface area contributed by atoms with Crippen LogP contribution in [0.15, 0.2) is 59.6 Å². The lowest BCUT2D eigenvalue weighted by molar-refractivity contribution is 0.246. The smallest absolute Gasteiger partial charge is 0.0645 e. The number of hydrogen-bond acceptors (Lipinski definition) is 3. The Morgan fingerprint density at radius 1 is 1.09 bits per heavy atom. The van der Waals surface area contributed by atoms with Crippen LogP contribution in [0.25, 0.3) is 5.69 Å². The Bertz CT molecular complexity index is 697. The van der Waals surface area contributed by atoms with Crippen molar-refractivity contribution >= 4 is 11.3 Å². The van der Waals surface area contributed by atoms with E-state index in [1.54, 1.807) is 11.3 Å². The van der Waals surface area contributed by atoms with Gasteiger partial charge in [-0.3, -0.25) is 4.90 Å². The van der Waals surface area contributed by atoms with Crippen molar-refractivity contribution in [2.24, 2.45) is 0 Å². The van der Waals surface area contributed by atoms with Gasteiger partial charge in [0, 0.05) is 31.5 Å². The lowest BCUT2D eigenvalue weighted by Gasteiger charge is -2.21. The maximum absolute atomic E-state index is 4.27. The highest BCUT2D eigenvalue weighted by Crippen LogP contribution is 2.30. The summed E-state index contributed by atoms with van der Waals surface area (Å²) in [4.78, 5) is 2.60. The minimum absolute atomic E-state index is 0.769. The predicted octanol–water partition coefficient (Wildman–Crippen LogP) is 4.10. The first-order valence-electron chi connectivity index (χ1n) is 7.72. The molecule has 0 atom stereocenters. The van der Waals surface area contributed by atoms with Crippen LogP contribution in [-0.4, -0.2) is 20.7 Å². The molecule has 0 unspecified atom stereocenters. The Morgan fingerprint density at radius 2 is 1.91 bits per heavy atom. The minimum atomic E-state index is 0.769. The number of rotatable bonds is 6. The Morgan fingerprint density at radius 3 is 2.55 bits per heavy atom. The quantitative estimate of drug-likeness (QED) is 0.683. The molecule has 3 nitrogen and oxygen atoms in total. The molecule has 0 radical (unpaired) electrons. The summed E-state index contributed by atoms with van der Waals surface area (Å²) < 4.78 is 1.90. The van der Waals surface area contributed by atoms with Gasteiger partial charge in [0.1, 0.15) is 0 Å². The molecule has 0 aliphatic heterocycles. The SMILES string of the molecule is c1cnn(-c2ccc(CN(Cc3ccsc3)C3CC3)cc2)c1. The summed E-state index contributed by atoms with van der Waals surface area (Å²) in [5.74, 6) is 0. The summed E-state index contributed by atoms with van der Waals surface area (Å²) in [6, 6.07) is 13.7. The fraction of sp³-hybridized carbons (Fsp3) is 0.278. The monoisotopic (exact) mass is 309 g/mol. The maximum Gasteiger partial charge on any atom is 0.0645 e. The minimum Gasteiger partial charge on any atom is -0.292 e. The van der Waals surface area contributed by atoms with Gasteiger partial charge in [0.2, 0.25) is 0 Å². The number of aromatic nitrogens is 2. The molecule has 2 aromatic heterocycles. The highest BCUT2D eigenvalue weighted by atomic mass is 32.1. The van der Waals surface area contributed by atoms with Crippen molar-refractivity contribution in [1.29, 1.82) is 0 Å². The van der Waals surface area contributed by atoms with Crippen molar-refractivity contribution in [2.75, 3.05) is 0 Å². The number of nitrogens with zero attached hydrogens (tertiary/aromatic N) is 3. The van der Waals surface area contributed by atoms with Gasteiger partial charge < -0.3 is 0 Å². The molecule has 0 N–H and O–H groups in total. The second kappa shape index (κ2) is 6.07. The highest BCUT2D eigenvalue weighted by Gasteiger charge is 2.28. The van der Waals surface area contributed by atoms with Crippen LogP contribution in [0.1, 0.15) is 24.0 Å². The molecular formula is C18H19N3S. The van der Waals surface area contributed by atoms with Crippen LogP contribution in [0.5, 0.6) is 0 Å². The first kappa shape index (κ1) is 13.7. The van der Waals surface area contributed by atoms with Gasteiger partial charge >= 0.3 is 0 Å². The molecule has 0 amide bonds. The Balaban J connectivity index is 1.46. The van der Waals surface area contributed by atoms with Crippen LogP contribution < -0.4 is 0 Å². The predicted molar refractivity (Wildman–Crippen MR) is 90.2 cm³/mol. The lowest BCUT2D eigenvalue weighted by Crippen LogP contribution is -2.24. The van der Waals surface area contributed by atoms with E-state index in [0.29, 0.717) is 0 Å². The molecule has 1 saturated carbocycles. The van der Waals surface area contributed by atoms with E-state index in [2.05, 4.69) is 51.1 Å². The molecule has 1 aliphatic carbocycles. The molecule has 3 aromatic rings. The third kappa shape index (κ3) is 3.13. The van der Waals surface area contributed by atoms with Crippen LogP contribution in [0.2, 0.25) is 0 Å². The van der Waals surface area contributed by atoms with Crippen LogP contribution in [0.4, 0.5) is 0 Å². The molecule has 2 heterocycles. The molecule has 0 saturated heterocycles. The van der Waals surface area contributed by atoms with Crippen LogP contribution in [0, 0.1) is 0 Å². The van der Waals surface area contributed by atoms with Gasteiger partial charge in [-0.2, -0.15) is 16.4 Å². The van der Waals surface area contributed by atoms with Crippen molar-refractivity contribution in [1.82, 2.24) is 14.7 Å². The molecule has 112 valence electrons. The zero-order valence-corrected chi connectivity index (χ0v) is 13.2. The van der Waals surface area contributed by atoms with Crippen LogP contribution in [-0.2, 0) is 13.1 Å². The second-order valence-corrected chi connectivity index (χ2v) is 6.66. The fourth-order valence-corrected chi connectivity index (χ4v) is 3.44. The molecule has 4 heteroatoms. The zero-order valence-electron chi connectivity index (χ0n) is 12.4. The van der Waals surface area contributed by atoms with E-state index >= 15 is 0 Å². The second-order valence-electron chi connectivity index (χ2n) is 5.88. The maximum atomic E-state index is 4.27. The van der Waals surface area contributed by atoms with Gasteiger partial charge in [0.25, 0.3) is 0 Å². The molecular weight excluding hydrogens is 290 g/mol. The molecule has 1 aromatic carbocycles. The molecule has 1 aliphatic rings. The average Bonchev–Trinajstić information content (AvgIpc) is 3.02. The van der Waals surface area contributed by atoms with Crippen LogP contribution >= 0.6 is 11.3 Å². The average molecular weight is 309 g/mol. The van der Waals surface area contributed by atoms with Gasteiger partial charge in [-0.05, 0) is 59.0 Å². The topological polar surface area (TPSA) is 21.1 Å². The summed E-state index contributed by atoms with van der Waals surface area (Å²) in [6.45, 7) is 2.09. The molecule has 4 rings (SSSR count). The fourth-order valence-electron chi connectivity index (χ4n) is 2.78. The van der Waals surface area contributed by atoms with Crippen molar-refractivity contribution in [2.45, 2.75) is 32.0 Å². The van der Waals surface area contributed by atoms with Crippen molar-refractivity contribution < 1.29 is 0 Å². The van der Waals surface area contributed by atoms with E-state index in [1.807, 2.05) is 23.1 Å². The summed E-state index contributed by atoms with van der Waals surface area (Å²) in [5.41, 5.74) is 3.92.